The van der Waals surface area contributed by atoms with E-state index in [0.717, 1.165) is 45.4 Å². The van der Waals surface area contributed by atoms with Crippen molar-refractivity contribution < 1.29 is 18.7 Å². The molecule has 1 N–H and O–H groups in total. The zero-order valence-corrected chi connectivity index (χ0v) is 18.5. The van der Waals surface area contributed by atoms with E-state index in [9.17, 15) is 14.0 Å². The molecule has 31 heavy (non-hydrogen) atoms. The molecule has 1 amide bonds. The summed E-state index contributed by atoms with van der Waals surface area (Å²) < 4.78 is 25.9. The number of aromatic amines is 1. The number of amides is 1. The van der Waals surface area contributed by atoms with Gasteiger partial charge >= 0.3 is 0 Å². The minimum absolute atomic E-state index is 0.0485. The number of ether oxygens (including phenoxy) is 2. The van der Waals surface area contributed by atoms with Crippen LogP contribution in [0, 0.1) is 11.7 Å². The Bertz CT molecular complexity index is 993. The SMILES string of the molecule is CC(=O)N1CCCC(COc2cc(F)c3c(=O)[nH]c(CSC4CCOCC4)nc3c2)C1. The maximum atomic E-state index is 14.6. The van der Waals surface area contributed by atoms with Gasteiger partial charge in [0.2, 0.25) is 5.91 Å². The molecule has 2 aliphatic rings. The molecule has 4 rings (SSSR count). The molecule has 1 atom stereocenters. The van der Waals surface area contributed by atoms with Gasteiger partial charge in [-0.25, -0.2) is 9.37 Å². The Hall–Kier alpha value is -2.13. The lowest BCUT2D eigenvalue weighted by atomic mass is 9.99. The van der Waals surface area contributed by atoms with E-state index in [0.29, 0.717) is 41.2 Å². The summed E-state index contributed by atoms with van der Waals surface area (Å²) in [6.07, 6.45) is 3.87. The van der Waals surface area contributed by atoms with E-state index >= 15 is 0 Å². The topological polar surface area (TPSA) is 84.5 Å². The summed E-state index contributed by atoms with van der Waals surface area (Å²) in [5, 5.41) is 0.429. The largest absolute Gasteiger partial charge is 0.493 e. The van der Waals surface area contributed by atoms with E-state index in [4.69, 9.17) is 9.47 Å². The number of hydrogen-bond acceptors (Lipinski definition) is 6. The lowest BCUT2D eigenvalue weighted by Gasteiger charge is -2.31. The number of nitrogens with one attached hydrogen (secondary N) is 1. The van der Waals surface area contributed by atoms with Crippen molar-refractivity contribution in [3.05, 3.63) is 34.1 Å². The summed E-state index contributed by atoms with van der Waals surface area (Å²) in [7, 11) is 0. The predicted octanol–water partition coefficient (Wildman–Crippen LogP) is 3.11. The third-order valence-corrected chi connectivity index (χ3v) is 7.24. The number of rotatable bonds is 6. The Kier molecular flexibility index (Phi) is 7.12. The smallest absolute Gasteiger partial charge is 0.261 e. The highest BCUT2D eigenvalue weighted by atomic mass is 32.2. The number of thioether (sulfide) groups is 1. The van der Waals surface area contributed by atoms with Gasteiger partial charge in [-0.15, -0.1) is 0 Å². The van der Waals surface area contributed by atoms with Crippen LogP contribution >= 0.6 is 11.8 Å². The maximum absolute atomic E-state index is 14.6. The summed E-state index contributed by atoms with van der Waals surface area (Å²) in [6, 6.07) is 2.86. The standard InChI is InChI=1S/C22H28FN3O4S/c1-14(27)26-6-2-3-15(11-26)12-30-16-9-18(23)21-19(10-16)24-20(25-22(21)28)13-31-17-4-7-29-8-5-17/h9-10,15,17H,2-8,11-13H2,1H3,(H,24,25,28). The first kappa shape index (κ1) is 22.1. The van der Waals surface area contributed by atoms with Gasteiger partial charge < -0.3 is 19.4 Å². The van der Waals surface area contributed by atoms with Gasteiger partial charge in [0.25, 0.3) is 5.56 Å². The van der Waals surface area contributed by atoms with Crippen LogP contribution < -0.4 is 10.3 Å². The molecule has 0 spiro atoms. The Morgan fingerprint density at radius 3 is 2.94 bits per heavy atom. The minimum atomic E-state index is -0.640. The zero-order chi connectivity index (χ0) is 21.8. The van der Waals surface area contributed by atoms with E-state index < -0.39 is 11.4 Å². The van der Waals surface area contributed by atoms with Gasteiger partial charge in [-0.3, -0.25) is 9.59 Å². The molecule has 7 nitrogen and oxygen atoms in total. The number of halogens is 1. The van der Waals surface area contributed by atoms with Crippen molar-refractivity contribution in [1.29, 1.82) is 0 Å². The summed E-state index contributed by atoms with van der Waals surface area (Å²) in [5.41, 5.74) is -0.170. The van der Waals surface area contributed by atoms with Crippen molar-refractivity contribution >= 4 is 28.6 Å². The van der Waals surface area contributed by atoms with E-state index in [-0.39, 0.29) is 17.2 Å². The van der Waals surface area contributed by atoms with E-state index in [1.165, 1.54) is 6.07 Å². The van der Waals surface area contributed by atoms with E-state index in [2.05, 4.69) is 9.97 Å². The van der Waals surface area contributed by atoms with Crippen LogP contribution in [0.15, 0.2) is 16.9 Å². The molecular weight excluding hydrogens is 421 g/mol. The van der Waals surface area contributed by atoms with Crippen molar-refractivity contribution in [2.75, 3.05) is 32.9 Å². The molecular formula is C22H28FN3O4S. The summed E-state index contributed by atoms with van der Waals surface area (Å²) in [5.74, 6) is 1.08. The third-order valence-electron chi connectivity index (χ3n) is 5.86. The average molecular weight is 450 g/mol. The number of piperidine rings is 1. The highest BCUT2D eigenvalue weighted by Gasteiger charge is 2.22. The summed E-state index contributed by atoms with van der Waals surface area (Å²) in [6.45, 7) is 4.91. The number of H-pyrrole nitrogens is 1. The number of aromatic nitrogens is 2. The van der Waals surface area contributed by atoms with Crippen LogP contribution in [0.3, 0.4) is 0 Å². The zero-order valence-electron chi connectivity index (χ0n) is 17.7. The van der Waals surface area contributed by atoms with Crippen LogP contribution in [0.25, 0.3) is 10.9 Å². The molecule has 2 fully saturated rings. The fourth-order valence-electron chi connectivity index (χ4n) is 4.14. The second-order valence-corrected chi connectivity index (χ2v) is 9.51. The number of fused-ring (bicyclic) bond motifs is 1. The lowest BCUT2D eigenvalue weighted by Crippen LogP contribution is -2.40. The van der Waals surface area contributed by atoms with Gasteiger partial charge in [0.1, 0.15) is 22.8 Å². The highest BCUT2D eigenvalue weighted by molar-refractivity contribution is 7.99. The normalized spacial score (nSPS) is 20.2. The van der Waals surface area contributed by atoms with E-state index in [1.54, 1.807) is 24.8 Å². The predicted molar refractivity (Wildman–Crippen MR) is 118 cm³/mol. The van der Waals surface area contributed by atoms with Gasteiger partial charge in [-0.1, -0.05) is 0 Å². The molecule has 0 saturated carbocycles. The number of benzene rings is 1. The van der Waals surface area contributed by atoms with Crippen LogP contribution in [-0.4, -0.2) is 58.9 Å². The Labute approximate surface area is 184 Å². The molecule has 1 aromatic carbocycles. The number of hydrogen-bond donors (Lipinski definition) is 1. The van der Waals surface area contributed by atoms with Crippen LogP contribution in [0.2, 0.25) is 0 Å². The first-order valence-corrected chi connectivity index (χ1v) is 11.8. The van der Waals surface area contributed by atoms with Crippen molar-refractivity contribution in [3.63, 3.8) is 0 Å². The Morgan fingerprint density at radius 1 is 1.35 bits per heavy atom. The molecule has 168 valence electrons. The molecule has 0 bridgehead atoms. The van der Waals surface area contributed by atoms with Crippen LogP contribution in [0.4, 0.5) is 4.39 Å². The lowest BCUT2D eigenvalue weighted by molar-refractivity contribution is -0.130. The average Bonchev–Trinajstić information content (AvgIpc) is 2.76. The molecule has 9 heteroatoms. The number of carbonyl (C=O) groups is 1. The molecule has 2 saturated heterocycles. The van der Waals surface area contributed by atoms with Gasteiger partial charge in [0.15, 0.2) is 0 Å². The van der Waals surface area contributed by atoms with Crippen LogP contribution in [0.1, 0.15) is 38.4 Å². The number of likely N-dealkylation sites (tertiary alicyclic amines) is 1. The Morgan fingerprint density at radius 2 is 2.16 bits per heavy atom. The fraction of sp³-hybridized carbons (Fsp3) is 0.591. The molecule has 2 aliphatic heterocycles. The van der Waals surface area contributed by atoms with Crippen LogP contribution in [0.5, 0.6) is 5.75 Å². The summed E-state index contributed by atoms with van der Waals surface area (Å²) in [4.78, 5) is 33.1. The fourth-order valence-corrected chi connectivity index (χ4v) is 5.20. The maximum Gasteiger partial charge on any atom is 0.261 e. The number of nitrogens with zero attached hydrogens (tertiary/aromatic N) is 2. The van der Waals surface area contributed by atoms with Crippen molar-refractivity contribution in [2.45, 2.75) is 43.6 Å². The molecule has 1 unspecified atom stereocenters. The highest BCUT2D eigenvalue weighted by Crippen LogP contribution is 2.26. The summed E-state index contributed by atoms with van der Waals surface area (Å²) >= 11 is 1.74. The first-order valence-electron chi connectivity index (χ1n) is 10.8. The molecule has 0 aliphatic carbocycles. The quantitative estimate of drug-likeness (QED) is 0.730. The number of carbonyl (C=O) groups excluding carboxylic acids is 1. The second-order valence-electron chi connectivity index (χ2n) is 8.22. The van der Waals surface area contributed by atoms with Gasteiger partial charge in [0, 0.05) is 56.5 Å². The molecule has 2 aromatic rings. The minimum Gasteiger partial charge on any atom is -0.493 e. The van der Waals surface area contributed by atoms with Crippen molar-refractivity contribution in [3.8, 4) is 5.75 Å². The van der Waals surface area contributed by atoms with Crippen molar-refractivity contribution in [2.24, 2.45) is 5.92 Å². The van der Waals surface area contributed by atoms with Gasteiger partial charge in [-0.2, -0.15) is 11.8 Å². The van der Waals surface area contributed by atoms with Crippen molar-refractivity contribution in [1.82, 2.24) is 14.9 Å². The monoisotopic (exact) mass is 449 g/mol. The molecule has 1 aromatic heterocycles. The first-order chi connectivity index (χ1) is 15.0. The van der Waals surface area contributed by atoms with Gasteiger partial charge in [0.05, 0.1) is 17.9 Å². The third kappa shape index (κ3) is 5.57. The van der Waals surface area contributed by atoms with Gasteiger partial charge in [-0.05, 0) is 25.7 Å². The molecule has 3 heterocycles. The van der Waals surface area contributed by atoms with Crippen LogP contribution in [-0.2, 0) is 15.3 Å². The second kappa shape index (κ2) is 9.99. The van der Waals surface area contributed by atoms with E-state index in [1.807, 2.05) is 4.90 Å². The molecule has 0 radical (unpaired) electrons. The Balaban J connectivity index is 1.45.